The minimum Gasteiger partial charge on any atom is -0.0791 e. The smallest absolute Gasteiger partial charge is 0.00142 e. The summed E-state index contributed by atoms with van der Waals surface area (Å²) in [5, 5.41) is 0. The van der Waals surface area contributed by atoms with Crippen molar-refractivity contribution in [1.82, 2.24) is 0 Å². The van der Waals surface area contributed by atoms with Crippen LogP contribution < -0.4 is 0 Å². The molecule has 0 fully saturated rings. The average Bonchev–Trinajstić information content (AvgIpc) is 3.21. The maximum Gasteiger partial charge on any atom is -0.00142 e. The summed E-state index contributed by atoms with van der Waals surface area (Å²) in [5.74, 6) is 0. The molecule has 0 amide bonds. The standard InChI is InChI=1S/C31H24/c1-2-27-28(23-15-7-3-8-16-23)30(25-19-11-5-12-20-25)31(26-21-13-6-14-22-26)29(27)24-17-9-4-10-18-24/h2-22H,1H3. The Bertz CT molecular complexity index is 1170. The molecule has 0 unspecified atom stereocenters. The van der Waals surface area contributed by atoms with Crippen molar-refractivity contribution in [2.45, 2.75) is 6.92 Å². The van der Waals surface area contributed by atoms with Gasteiger partial charge in [0.2, 0.25) is 0 Å². The summed E-state index contributed by atoms with van der Waals surface area (Å²) in [6.07, 6.45) is 2.27. The normalized spacial score (nSPS) is 13.6. The van der Waals surface area contributed by atoms with Gasteiger partial charge in [-0.25, -0.2) is 0 Å². The zero-order valence-electron chi connectivity index (χ0n) is 17.6. The van der Waals surface area contributed by atoms with Crippen LogP contribution >= 0.6 is 0 Å². The van der Waals surface area contributed by atoms with Crippen molar-refractivity contribution in [2.75, 3.05) is 0 Å². The maximum atomic E-state index is 2.27. The van der Waals surface area contributed by atoms with Crippen molar-refractivity contribution in [3.05, 3.63) is 155 Å². The van der Waals surface area contributed by atoms with Gasteiger partial charge in [-0.1, -0.05) is 127 Å². The average molecular weight is 397 g/mol. The fourth-order valence-corrected chi connectivity index (χ4v) is 4.53. The number of rotatable bonds is 4. The summed E-state index contributed by atoms with van der Waals surface area (Å²) in [6, 6.07) is 43.1. The molecule has 0 spiro atoms. The zero-order chi connectivity index (χ0) is 21.0. The van der Waals surface area contributed by atoms with Crippen LogP contribution in [0, 0.1) is 0 Å². The molecule has 1 aliphatic carbocycles. The second-order valence-electron chi connectivity index (χ2n) is 7.67. The quantitative estimate of drug-likeness (QED) is 0.326. The van der Waals surface area contributed by atoms with E-state index in [1.54, 1.807) is 0 Å². The Morgan fingerprint density at radius 3 is 0.871 bits per heavy atom. The second kappa shape index (κ2) is 8.45. The van der Waals surface area contributed by atoms with E-state index >= 15 is 0 Å². The summed E-state index contributed by atoms with van der Waals surface area (Å²) in [4.78, 5) is 0. The van der Waals surface area contributed by atoms with Crippen LogP contribution in [0.25, 0.3) is 22.3 Å². The zero-order valence-corrected chi connectivity index (χ0v) is 17.6. The monoisotopic (exact) mass is 396 g/mol. The molecule has 5 rings (SSSR count). The van der Waals surface area contributed by atoms with Crippen LogP contribution in [0.5, 0.6) is 0 Å². The predicted octanol–water partition coefficient (Wildman–Crippen LogP) is 8.17. The minimum atomic E-state index is 1.24. The third kappa shape index (κ3) is 3.47. The summed E-state index contributed by atoms with van der Waals surface area (Å²) < 4.78 is 0. The molecule has 0 heteroatoms. The lowest BCUT2D eigenvalue weighted by molar-refractivity contribution is 1.54. The summed E-state index contributed by atoms with van der Waals surface area (Å²) in [5.41, 5.74) is 11.4. The van der Waals surface area contributed by atoms with Crippen molar-refractivity contribution in [3.63, 3.8) is 0 Å². The van der Waals surface area contributed by atoms with Gasteiger partial charge in [-0.2, -0.15) is 0 Å². The Morgan fingerprint density at radius 1 is 0.355 bits per heavy atom. The Kier molecular flexibility index (Phi) is 5.21. The Balaban J connectivity index is 1.91. The first-order valence-electron chi connectivity index (χ1n) is 10.8. The van der Waals surface area contributed by atoms with Crippen molar-refractivity contribution < 1.29 is 0 Å². The maximum absolute atomic E-state index is 2.27. The van der Waals surface area contributed by atoms with Crippen molar-refractivity contribution in [2.24, 2.45) is 0 Å². The van der Waals surface area contributed by atoms with Crippen molar-refractivity contribution >= 4 is 22.3 Å². The molecule has 31 heavy (non-hydrogen) atoms. The summed E-state index contributed by atoms with van der Waals surface area (Å²) >= 11 is 0. The first kappa shape index (κ1) is 19.1. The first-order valence-corrected chi connectivity index (χ1v) is 10.8. The van der Waals surface area contributed by atoms with E-state index in [1.165, 1.54) is 50.1 Å². The molecule has 0 heterocycles. The van der Waals surface area contributed by atoms with Crippen molar-refractivity contribution in [3.8, 4) is 0 Å². The van der Waals surface area contributed by atoms with Gasteiger partial charge in [0.1, 0.15) is 0 Å². The highest BCUT2D eigenvalue weighted by Gasteiger charge is 2.31. The number of benzene rings is 4. The number of allylic oxidation sites excluding steroid dienone is 6. The molecule has 0 radical (unpaired) electrons. The molecule has 1 aliphatic rings. The molecule has 0 saturated heterocycles. The number of hydrogen-bond acceptors (Lipinski definition) is 0. The van der Waals surface area contributed by atoms with Gasteiger partial charge < -0.3 is 0 Å². The molecule has 0 atom stereocenters. The fraction of sp³-hybridized carbons (Fsp3) is 0.0323. The van der Waals surface area contributed by atoms with Crippen LogP contribution in [0.15, 0.2) is 133 Å². The molecule has 0 aromatic heterocycles. The van der Waals surface area contributed by atoms with E-state index in [1.807, 2.05) is 0 Å². The first-order chi connectivity index (χ1) is 15.4. The molecule has 0 N–H and O–H groups in total. The van der Waals surface area contributed by atoms with E-state index in [-0.39, 0.29) is 0 Å². The van der Waals surface area contributed by atoms with E-state index in [9.17, 15) is 0 Å². The lowest BCUT2D eigenvalue weighted by Crippen LogP contribution is -1.92. The molecule has 4 aromatic rings. The van der Waals surface area contributed by atoms with Crippen LogP contribution in [0.3, 0.4) is 0 Å². The van der Waals surface area contributed by atoms with Gasteiger partial charge in [0.15, 0.2) is 0 Å². The number of hydrogen-bond donors (Lipinski definition) is 0. The molecule has 0 bridgehead atoms. The van der Waals surface area contributed by atoms with Crippen LogP contribution in [-0.2, 0) is 0 Å². The van der Waals surface area contributed by atoms with Gasteiger partial charge in [-0.05, 0) is 57.0 Å². The predicted molar refractivity (Wildman–Crippen MR) is 133 cm³/mol. The topological polar surface area (TPSA) is 0 Å². The largest absolute Gasteiger partial charge is 0.0791 e. The molecule has 4 aromatic carbocycles. The van der Waals surface area contributed by atoms with E-state index in [0.29, 0.717) is 0 Å². The lowest BCUT2D eigenvalue weighted by Gasteiger charge is -2.14. The van der Waals surface area contributed by atoms with Crippen LogP contribution in [0.2, 0.25) is 0 Å². The van der Waals surface area contributed by atoms with Gasteiger partial charge >= 0.3 is 0 Å². The highest BCUT2D eigenvalue weighted by Crippen LogP contribution is 2.54. The van der Waals surface area contributed by atoms with Gasteiger partial charge in [0, 0.05) is 0 Å². The third-order valence-electron chi connectivity index (χ3n) is 5.83. The van der Waals surface area contributed by atoms with Gasteiger partial charge in [0.05, 0.1) is 0 Å². The van der Waals surface area contributed by atoms with E-state index < -0.39 is 0 Å². The van der Waals surface area contributed by atoms with Crippen LogP contribution in [0.4, 0.5) is 0 Å². The highest BCUT2D eigenvalue weighted by atomic mass is 14.3. The fourth-order valence-electron chi connectivity index (χ4n) is 4.53. The van der Waals surface area contributed by atoms with Gasteiger partial charge in [-0.15, -0.1) is 0 Å². The Morgan fingerprint density at radius 2 is 0.613 bits per heavy atom. The molecular formula is C31H24. The Labute approximate surface area is 184 Å². The molecule has 148 valence electrons. The summed E-state index contributed by atoms with van der Waals surface area (Å²) in [6.45, 7) is 2.15. The third-order valence-corrected chi connectivity index (χ3v) is 5.83. The van der Waals surface area contributed by atoms with E-state index in [2.05, 4.69) is 134 Å². The molecule has 0 nitrogen and oxygen atoms in total. The van der Waals surface area contributed by atoms with E-state index in [4.69, 9.17) is 0 Å². The van der Waals surface area contributed by atoms with Crippen LogP contribution in [-0.4, -0.2) is 0 Å². The van der Waals surface area contributed by atoms with Crippen molar-refractivity contribution in [1.29, 1.82) is 0 Å². The highest BCUT2D eigenvalue weighted by molar-refractivity contribution is 6.34. The molecule has 0 saturated carbocycles. The molecular weight excluding hydrogens is 372 g/mol. The SMILES string of the molecule is CC=C1C(c2ccccc2)=C(c2ccccc2)C(c2ccccc2)=C1c1ccccc1. The van der Waals surface area contributed by atoms with Gasteiger partial charge in [0.25, 0.3) is 0 Å². The second-order valence-corrected chi connectivity index (χ2v) is 7.67. The van der Waals surface area contributed by atoms with Gasteiger partial charge in [-0.3, -0.25) is 0 Å². The Hall–Kier alpha value is -3.90. The summed E-state index contributed by atoms with van der Waals surface area (Å²) in [7, 11) is 0. The molecule has 0 aliphatic heterocycles. The van der Waals surface area contributed by atoms with E-state index in [0.717, 1.165) is 0 Å². The van der Waals surface area contributed by atoms with Crippen LogP contribution in [0.1, 0.15) is 29.2 Å². The minimum absolute atomic E-state index is 1.24. The lowest BCUT2D eigenvalue weighted by atomic mass is 9.89.